The lowest BCUT2D eigenvalue weighted by Crippen LogP contribution is -2.32. The lowest BCUT2D eigenvalue weighted by Gasteiger charge is -2.27. The van der Waals surface area contributed by atoms with Crippen molar-refractivity contribution in [2.45, 2.75) is 43.8 Å². The molecule has 1 aromatic carbocycles. The molecule has 0 aromatic heterocycles. The van der Waals surface area contributed by atoms with Crippen LogP contribution < -0.4 is 0 Å². The fraction of sp³-hybridized carbons (Fsp3) is 0.684. The van der Waals surface area contributed by atoms with Crippen LogP contribution in [0.15, 0.2) is 24.3 Å². The van der Waals surface area contributed by atoms with Crippen LogP contribution in [0.3, 0.4) is 0 Å². The Hall–Kier alpha value is -1.10. The molecular formula is C19H27NO3. The molecule has 0 radical (unpaired) electrons. The predicted molar refractivity (Wildman–Crippen MR) is 88.0 cm³/mol. The number of phenols is 1. The first-order valence-corrected chi connectivity index (χ1v) is 8.92. The Kier molecular flexibility index (Phi) is 3.87. The highest BCUT2D eigenvalue weighted by molar-refractivity contribution is 5.27. The molecule has 3 N–H and O–H groups in total. The molecule has 0 unspecified atom stereocenters. The molecule has 2 aliphatic carbocycles. The normalized spacial score (nSPS) is 31.2. The number of rotatable bonds is 5. The van der Waals surface area contributed by atoms with Crippen molar-refractivity contribution in [1.29, 1.82) is 0 Å². The molecule has 1 heterocycles. The van der Waals surface area contributed by atoms with E-state index in [9.17, 15) is 15.3 Å². The van der Waals surface area contributed by atoms with E-state index in [2.05, 4.69) is 4.90 Å². The van der Waals surface area contributed by atoms with Crippen LogP contribution in [0.4, 0.5) is 0 Å². The average Bonchev–Trinajstić information content (AvgIpc) is 3.14. The Bertz CT molecular complexity index is 540. The largest absolute Gasteiger partial charge is 0.508 e. The molecular weight excluding hydrogens is 290 g/mol. The van der Waals surface area contributed by atoms with Gasteiger partial charge in [-0.2, -0.15) is 0 Å². The topological polar surface area (TPSA) is 63.9 Å². The van der Waals surface area contributed by atoms with Crippen LogP contribution in [0.25, 0.3) is 0 Å². The number of nitrogens with zero attached hydrogens (tertiary/aromatic N) is 1. The minimum atomic E-state index is -0.514. The first-order chi connectivity index (χ1) is 11.0. The highest BCUT2D eigenvalue weighted by Gasteiger charge is 2.49. The number of likely N-dealkylation sites (tertiary alicyclic amines) is 1. The van der Waals surface area contributed by atoms with Gasteiger partial charge in [-0.1, -0.05) is 25.0 Å². The summed E-state index contributed by atoms with van der Waals surface area (Å²) in [6.45, 7) is 2.62. The minimum Gasteiger partial charge on any atom is -0.508 e. The van der Waals surface area contributed by atoms with Crippen molar-refractivity contribution in [2.24, 2.45) is 17.8 Å². The first kappa shape index (κ1) is 15.4. The molecule has 3 fully saturated rings. The fourth-order valence-corrected chi connectivity index (χ4v) is 4.78. The predicted octanol–water partition coefficient (Wildman–Crippen LogP) is 2.30. The molecule has 1 aliphatic heterocycles. The van der Waals surface area contributed by atoms with Crippen molar-refractivity contribution in [3.63, 3.8) is 0 Å². The molecule has 1 aromatic rings. The lowest BCUT2D eigenvalue weighted by molar-refractivity contribution is 0.0194. The average molecular weight is 317 g/mol. The lowest BCUT2D eigenvalue weighted by atomic mass is 9.93. The summed E-state index contributed by atoms with van der Waals surface area (Å²) in [6, 6.07) is 6.81. The monoisotopic (exact) mass is 317 g/mol. The number of phenolic OH excluding ortho intramolecular Hbond substituents is 1. The summed E-state index contributed by atoms with van der Waals surface area (Å²) in [4.78, 5) is 2.34. The van der Waals surface area contributed by atoms with Gasteiger partial charge in [0.2, 0.25) is 0 Å². The van der Waals surface area contributed by atoms with E-state index in [-0.39, 0.29) is 5.75 Å². The van der Waals surface area contributed by atoms with Crippen LogP contribution in [-0.4, -0.2) is 45.5 Å². The summed E-state index contributed by atoms with van der Waals surface area (Å²) >= 11 is 0. The quantitative estimate of drug-likeness (QED) is 0.780. The molecule has 3 aliphatic rings. The SMILES string of the molecule is Oc1ccc([C@@H](O)CN2C[C@@H]3CC(O)(CC4CC4)C[C@H]3C2)cc1. The smallest absolute Gasteiger partial charge is 0.115 e. The number of fused-ring (bicyclic) bond motifs is 1. The number of aliphatic hydroxyl groups is 2. The van der Waals surface area contributed by atoms with Crippen molar-refractivity contribution in [1.82, 2.24) is 4.90 Å². The molecule has 0 bridgehead atoms. The van der Waals surface area contributed by atoms with Crippen LogP contribution in [-0.2, 0) is 0 Å². The van der Waals surface area contributed by atoms with E-state index in [1.807, 2.05) is 0 Å². The van der Waals surface area contributed by atoms with Gasteiger partial charge in [-0.05, 0) is 54.7 Å². The number of β-amino-alcohol motifs (C(OH)–C–C–N with tert-alkyl or cyclic N) is 1. The van der Waals surface area contributed by atoms with Crippen molar-refractivity contribution < 1.29 is 15.3 Å². The van der Waals surface area contributed by atoms with E-state index < -0.39 is 11.7 Å². The zero-order valence-corrected chi connectivity index (χ0v) is 13.6. The zero-order chi connectivity index (χ0) is 16.0. The van der Waals surface area contributed by atoms with Crippen molar-refractivity contribution in [3.05, 3.63) is 29.8 Å². The number of hydrogen-bond acceptors (Lipinski definition) is 4. The second-order valence-corrected chi connectivity index (χ2v) is 8.13. The van der Waals surface area contributed by atoms with E-state index >= 15 is 0 Å². The van der Waals surface area contributed by atoms with E-state index in [0.29, 0.717) is 18.4 Å². The van der Waals surface area contributed by atoms with Crippen molar-refractivity contribution >= 4 is 0 Å². The van der Waals surface area contributed by atoms with Crippen LogP contribution in [0.1, 0.15) is 43.8 Å². The van der Waals surface area contributed by atoms with E-state index in [1.54, 1.807) is 24.3 Å². The van der Waals surface area contributed by atoms with Gasteiger partial charge in [0, 0.05) is 19.6 Å². The third-order valence-electron chi connectivity index (χ3n) is 6.01. The van der Waals surface area contributed by atoms with Gasteiger partial charge >= 0.3 is 0 Å². The second-order valence-electron chi connectivity index (χ2n) is 8.13. The maximum Gasteiger partial charge on any atom is 0.115 e. The Labute approximate surface area is 137 Å². The van der Waals surface area contributed by atoms with Gasteiger partial charge in [-0.25, -0.2) is 0 Å². The number of aromatic hydroxyl groups is 1. The summed E-state index contributed by atoms with van der Waals surface area (Å²) in [5.74, 6) is 2.19. The maximum absolute atomic E-state index is 10.8. The standard InChI is InChI=1S/C19H27NO3/c21-17-5-3-14(4-6-17)18(22)12-20-10-15-8-19(23,7-13-1-2-13)9-16(15)11-20/h3-6,13,15-16,18,21-23H,1-2,7-12H2/t15-,16-,18-/m0/s1. The number of aliphatic hydroxyl groups excluding tert-OH is 1. The summed E-state index contributed by atoms with van der Waals surface area (Å²) in [7, 11) is 0. The Morgan fingerprint density at radius 2 is 1.70 bits per heavy atom. The molecule has 4 heteroatoms. The third kappa shape index (κ3) is 3.39. The van der Waals surface area contributed by atoms with Gasteiger partial charge in [-0.15, -0.1) is 0 Å². The van der Waals surface area contributed by atoms with Crippen LogP contribution >= 0.6 is 0 Å². The van der Waals surface area contributed by atoms with Gasteiger partial charge in [0.05, 0.1) is 11.7 Å². The van der Waals surface area contributed by atoms with Crippen molar-refractivity contribution in [3.8, 4) is 5.75 Å². The van der Waals surface area contributed by atoms with E-state index in [1.165, 1.54) is 12.8 Å². The zero-order valence-electron chi connectivity index (χ0n) is 13.6. The second kappa shape index (κ2) is 5.76. The fourth-order valence-electron chi connectivity index (χ4n) is 4.78. The molecule has 4 nitrogen and oxygen atoms in total. The Morgan fingerprint density at radius 3 is 2.26 bits per heavy atom. The molecule has 0 spiro atoms. The van der Waals surface area contributed by atoms with E-state index in [0.717, 1.165) is 43.8 Å². The minimum absolute atomic E-state index is 0.228. The highest BCUT2D eigenvalue weighted by atomic mass is 16.3. The third-order valence-corrected chi connectivity index (χ3v) is 6.01. The number of hydrogen-bond donors (Lipinski definition) is 3. The summed E-state index contributed by atoms with van der Waals surface area (Å²) in [5, 5.41) is 30.5. The van der Waals surface area contributed by atoms with Gasteiger partial charge in [-0.3, -0.25) is 4.90 Å². The van der Waals surface area contributed by atoms with Gasteiger partial charge < -0.3 is 15.3 Å². The Morgan fingerprint density at radius 1 is 1.09 bits per heavy atom. The Balaban J connectivity index is 1.31. The first-order valence-electron chi connectivity index (χ1n) is 8.92. The molecule has 0 amide bonds. The molecule has 4 rings (SSSR count). The number of benzene rings is 1. The van der Waals surface area contributed by atoms with Crippen LogP contribution in [0.5, 0.6) is 5.75 Å². The van der Waals surface area contributed by atoms with E-state index in [4.69, 9.17) is 0 Å². The van der Waals surface area contributed by atoms with Crippen LogP contribution in [0, 0.1) is 17.8 Å². The maximum atomic E-state index is 10.8. The highest BCUT2D eigenvalue weighted by Crippen LogP contribution is 2.49. The van der Waals surface area contributed by atoms with Gasteiger partial charge in [0.1, 0.15) is 5.75 Å². The van der Waals surface area contributed by atoms with Gasteiger partial charge in [0.15, 0.2) is 0 Å². The van der Waals surface area contributed by atoms with Crippen molar-refractivity contribution in [2.75, 3.05) is 19.6 Å². The van der Waals surface area contributed by atoms with Crippen LogP contribution in [0.2, 0.25) is 0 Å². The molecule has 126 valence electrons. The molecule has 23 heavy (non-hydrogen) atoms. The molecule has 3 atom stereocenters. The molecule has 2 saturated carbocycles. The van der Waals surface area contributed by atoms with Gasteiger partial charge in [0.25, 0.3) is 0 Å². The summed E-state index contributed by atoms with van der Waals surface area (Å²) in [6.07, 6.45) is 5.00. The molecule has 1 saturated heterocycles. The summed E-state index contributed by atoms with van der Waals surface area (Å²) in [5.41, 5.74) is 0.447. The summed E-state index contributed by atoms with van der Waals surface area (Å²) < 4.78 is 0.